The summed E-state index contributed by atoms with van der Waals surface area (Å²) in [7, 11) is -1.32. The molecular weight excluding hydrogens is 707 g/mol. The van der Waals surface area contributed by atoms with E-state index in [0.29, 0.717) is 22.5 Å². The van der Waals surface area contributed by atoms with Crippen molar-refractivity contribution in [1.29, 1.82) is 0 Å². The number of imidazole rings is 1. The van der Waals surface area contributed by atoms with Gasteiger partial charge in [-0.3, -0.25) is 9.09 Å². The summed E-state index contributed by atoms with van der Waals surface area (Å²) in [5, 5.41) is 22.8. The third-order valence-corrected chi connectivity index (χ3v) is 9.10. The van der Waals surface area contributed by atoms with Crippen molar-refractivity contribution in [3.63, 3.8) is 0 Å². The molecule has 2 unspecified atom stereocenters. The van der Waals surface area contributed by atoms with Gasteiger partial charge in [0.25, 0.3) is 0 Å². The number of anilines is 1. The highest BCUT2D eigenvalue weighted by atomic mass is 31.1. The van der Waals surface area contributed by atoms with Crippen molar-refractivity contribution in [3.8, 4) is 17.5 Å². The van der Waals surface area contributed by atoms with Crippen LogP contribution >= 0.6 is 8.17 Å². The summed E-state index contributed by atoms with van der Waals surface area (Å²) in [6.07, 6.45) is -2.10. The van der Waals surface area contributed by atoms with Crippen LogP contribution in [0.15, 0.2) is 59.6 Å². The largest absolute Gasteiger partial charge is 0.575 e. The number of nitrogens with zero attached hydrogens (tertiary/aromatic N) is 6. The molecule has 0 radical (unpaired) electrons. The molecule has 5 aromatic rings. The molecule has 1 aliphatic heterocycles. The topological polar surface area (TPSA) is 222 Å². The third kappa shape index (κ3) is 7.56. The molecule has 0 bridgehead atoms. The van der Waals surface area contributed by atoms with Gasteiger partial charge in [0.15, 0.2) is 29.2 Å². The van der Waals surface area contributed by atoms with Crippen molar-refractivity contribution < 1.29 is 52.2 Å². The van der Waals surface area contributed by atoms with Gasteiger partial charge in [-0.15, -0.1) is 0 Å². The van der Waals surface area contributed by atoms with Crippen LogP contribution in [-0.4, -0.2) is 78.3 Å². The number of methoxy groups -OCH3 is 1. The highest BCUT2D eigenvalue weighted by Crippen LogP contribution is 2.40. The zero-order chi connectivity index (χ0) is 37.3. The van der Waals surface area contributed by atoms with E-state index in [-0.39, 0.29) is 41.3 Å². The van der Waals surface area contributed by atoms with Crippen LogP contribution in [-0.2, 0) is 20.9 Å². The molecule has 0 aliphatic carbocycles. The van der Waals surface area contributed by atoms with Gasteiger partial charge in [0.2, 0.25) is 17.7 Å². The van der Waals surface area contributed by atoms with Crippen LogP contribution < -0.4 is 24.6 Å². The molecule has 6 rings (SSSR count). The first-order valence-electron chi connectivity index (χ1n) is 15.8. The van der Waals surface area contributed by atoms with Crippen molar-refractivity contribution in [1.82, 2.24) is 24.5 Å². The third-order valence-electron chi connectivity index (χ3n) is 8.30. The molecule has 16 nitrogen and oxygen atoms in total. The van der Waals surface area contributed by atoms with Crippen molar-refractivity contribution in [3.05, 3.63) is 72.1 Å². The molecule has 274 valence electrons. The Kier molecular flexibility index (Phi) is 10.5. The molecule has 52 heavy (non-hydrogen) atoms. The van der Waals surface area contributed by atoms with E-state index < -0.39 is 68.4 Å². The van der Waals surface area contributed by atoms with E-state index in [1.54, 1.807) is 38.1 Å². The first-order chi connectivity index (χ1) is 24.7. The van der Waals surface area contributed by atoms with E-state index in [1.807, 2.05) is 0 Å². The summed E-state index contributed by atoms with van der Waals surface area (Å²) in [6.45, 7) is 4.12. The minimum atomic E-state index is -2.73. The Balaban J connectivity index is 1.09. The second-order valence-corrected chi connectivity index (χ2v) is 13.3. The van der Waals surface area contributed by atoms with Gasteiger partial charge in [-0.2, -0.15) is 9.97 Å². The number of fused-ring (bicyclic) bond motifs is 2. The van der Waals surface area contributed by atoms with Gasteiger partial charge in [0, 0.05) is 23.1 Å². The molecule has 2 aromatic carbocycles. The van der Waals surface area contributed by atoms with Gasteiger partial charge >= 0.3 is 14.1 Å². The fourth-order valence-electron chi connectivity index (χ4n) is 5.53. The molecule has 0 spiro atoms. The molecule has 1 aliphatic rings. The number of rotatable bonds is 12. The summed E-state index contributed by atoms with van der Waals surface area (Å²) < 4.78 is 60.3. The SMILES string of the molecule is COc1nc(N)nc2c1ncn2C1O[C@H](COc2ccc3cc(O[P+]([O-])=N[C@H](C(=O)OCc4ccc(F)cc4F)C(C)C)ccc3n2)[C@@H](O)[C@@]1(C)O. The number of nitrogens with two attached hydrogens (primary N) is 1. The zero-order valence-corrected chi connectivity index (χ0v) is 29.1. The van der Waals surface area contributed by atoms with Crippen LogP contribution in [0.4, 0.5) is 14.7 Å². The minimum absolute atomic E-state index is 0.0224. The summed E-state index contributed by atoms with van der Waals surface area (Å²) in [5.74, 6) is -2.45. The normalized spacial score (nSPS) is 21.1. The number of hydrogen-bond donors (Lipinski definition) is 3. The monoisotopic (exact) mass is 741 g/mol. The highest BCUT2D eigenvalue weighted by molar-refractivity contribution is 7.34. The fraction of sp³-hybridized carbons (Fsp3) is 0.364. The molecule has 4 heterocycles. The molecule has 4 N–H and O–H groups in total. The number of benzene rings is 2. The summed E-state index contributed by atoms with van der Waals surface area (Å²) in [5.41, 5.74) is 5.03. The van der Waals surface area contributed by atoms with Crippen LogP contribution in [0.1, 0.15) is 32.6 Å². The quantitative estimate of drug-likeness (QED) is 0.123. The van der Waals surface area contributed by atoms with Gasteiger partial charge in [-0.05, 0) is 49.2 Å². The summed E-state index contributed by atoms with van der Waals surface area (Å²) in [6, 6.07) is 9.64. The number of ether oxygens (including phenoxy) is 4. The summed E-state index contributed by atoms with van der Waals surface area (Å²) in [4.78, 5) is 42.4. The number of carbonyl (C=O) groups excluding carboxylic acids is 1. The molecule has 3 aromatic heterocycles. The maximum atomic E-state index is 13.9. The van der Waals surface area contributed by atoms with Gasteiger partial charge in [-0.25, -0.2) is 23.5 Å². The average Bonchev–Trinajstić information content (AvgIpc) is 3.61. The number of carbonyl (C=O) groups is 1. The van der Waals surface area contributed by atoms with Gasteiger partial charge < -0.3 is 39.8 Å². The molecule has 6 atom stereocenters. The highest BCUT2D eigenvalue weighted by Gasteiger charge is 2.54. The predicted molar refractivity (Wildman–Crippen MR) is 179 cm³/mol. The van der Waals surface area contributed by atoms with Crippen molar-refractivity contribution in [2.45, 2.75) is 57.5 Å². The van der Waals surface area contributed by atoms with Gasteiger partial charge in [0.05, 0.1) is 19.0 Å². The Bertz CT molecular complexity index is 2150. The van der Waals surface area contributed by atoms with E-state index in [0.717, 1.165) is 6.07 Å². The predicted octanol–water partition coefficient (Wildman–Crippen LogP) is 3.33. The lowest BCUT2D eigenvalue weighted by Gasteiger charge is -2.27. The van der Waals surface area contributed by atoms with E-state index in [4.69, 9.17) is 29.2 Å². The number of hydrogen-bond acceptors (Lipinski definition) is 15. The van der Waals surface area contributed by atoms with Crippen LogP contribution in [0.5, 0.6) is 17.5 Å². The van der Waals surface area contributed by atoms with E-state index >= 15 is 0 Å². The number of aliphatic hydroxyl groups excluding tert-OH is 1. The minimum Gasteiger partial charge on any atom is -0.575 e. The van der Waals surface area contributed by atoms with Crippen molar-refractivity contribution >= 4 is 42.2 Å². The van der Waals surface area contributed by atoms with Crippen LogP contribution in [0.2, 0.25) is 0 Å². The van der Waals surface area contributed by atoms with Gasteiger partial charge in [0.1, 0.15) is 42.7 Å². The Morgan fingerprint density at radius 1 is 1.17 bits per heavy atom. The first kappa shape index (κ1) is 36.7. The molecule has 0 saturated carbocycles. The zero-order valence-electron chi connectivity index (χ0n) is 28.2. The fourth-order valence-corrected chi connectivity index (χ4v) is 6.43. The van der Waals surface area contributed by atoms with E-state index in [1.165, 1.54) is 37.1 Å². The van der Waals surface area contributed by atoms with Crippen LogP contribution in [0.3, 0.4) is 0 Å². The number of nitrogen functional groups attached to an aromatic ring is 1. The standard InChI is InChI=1S/C33H34F2N7O9P/c1-16(2)25(30(44)49-13-18-5-7-19(34)12-21(18)35)41-52(46)51-20-8-9-22-17(11-20)6-10-24(38-22)48-14-23-27(43)33(3,45)31(50-23)42-15-37-26-28(42)39-32(36)40-29(26)47-4/h5-12,15-16,23,25,27,31,43,45H,13-14H2,1-4H3,(H2,36,39,40)/t23-,25+,27-,31?,33-/m1/s1. The Hall–Kier alpha value is -5.13. The molecule has 1 fully saturated rings. The number of pyridine rings is 1. The van der Waals surface area contributed by atoms with Crippen LogP contribution in [0.25, 0.3) is 22.1 Å². The Morgan fingerprint density at radius 2 is 1.96 bits per heavy atom. The second kappa shape index (κ2) is 14.8. The molecule has 19 heteroatoms. The van der Waals surface area contributed by atoms with E-state index in [2.05, 4.69) is 24.7 Å². The Morgan fingerprint density at radius 3 is 2.69 bits per heavy atom. The van der Waals surface area contributed by atoms with Crippen molar-refractivity contribution in [2.75, 3.05) is 19.5 Å². The lowest BCUT2D eigenvalue weighted by Crippen LogP contribution is -2.44. The number of aromatic nitrogens is 5. The number of aliphatic hydroxyl groups is 2. The maximum Gasteiger partial charge on any atom is 0.395 e. The summed E-state index contributed by atoms with van der Waals surface area (Å²) >= 11 is 0. The van der Waals surface area contributed by atoms with E-state index in [9.17, 15) is 28.7 Å². The first-order valence-corrected chi connectivity index (χ1v) is 17.0. The molecular formula is C33H34F2N7O9P. The van der Waals surface area contributed by atoms with Gasteiger partial charge in [-0.1, -0.05) is 18.6 Å². The smallest absolute Gasteiger partial charge is 0.395 e. The second-order valence-electron chi connectivity index (χ2n) is 12.4. The van der Waals surface area contributed by atoms with Crippen molar-refractivity contribution in [2.24, 2.45) is 10.7 Å². The molecule has 1 saturated heterocycles. The average molecular weight is 742 g/mol. The van der Waals surface area contributed by atoms with Crippen LogP contribution in [0, 0.1) is 17.6 Å². The molecule has 0 amide bonds. The number of esters is 1. The lowest BCUT2D eigenvalue weighted by atomic mass is 9.96. The maximum absolute atomic E-state index is 13.9. The lowest BCUT2D eigenvalue weighted by molar-refractivity contribution is -0.170. The Labute approximate surface area is 295 Å². The number of halogens is 2.